The molecule has 1 fully saturated rings. The molecule has 6 heteroatoms. The molecule has 0 radical (unpaired) electrons. The standard InChI is InChI=1S/C23H30O5Si/c1-22(2,3)29(18-12-6-4-7-13-18,19-14-8-5-9-15-19)28-27-21(25)23(26)17-11-10-16-20(23)24/h4-9,12-15,20,24,26H,10-11,16-17H2,1-3H3. The molecular weight excluding hydrogens is 384 g/mol. The molecule has 2 atom stereocenters. The van der Waals surface area contributed by atoms with Crippen LogP contribution in [-0.4, -0.2) is 36.2 Å². The van der Waals surface area contributed by atoms with E-state index in [4.69, 9.17) is 9.46 Å². The summed E-state index contributed by atoms with van der Waals surface area (Å²) in [6.45, 7) is 6.20. The van der Waals surface area contributed by atoms with Gasteiger partial charge in [0.1, 0.15) is 0 Å². The van der Waals surface area contributed by atoms with Gasteiger partial charge in [0.25, 0.3) is 0 Å². The molecule has 29 heavy (non-hydrogen) atoms. The lowest BCUT2D eigenvalue weighted by Gasteiger charge is -2.41. The molecule has 0 aliphatic heterocycles. The van der Waals surface area contributed by atoms with E-state index in [0.29, 0.717) is 12.8 Å². The van der Waals surface area contributed by atoms with Crippen molar-refractivity contribution in [1.82, 2.24) is 0 Å². The van der Waals surface area contributed by atoms with Crippen molar-refractivity contribution in [3.8, 4) is 0 Å². The third kappa shape index (κ3) is 4.03. The highest BCUT2D eigenvalue weighted by Gasteiger charge is 2.55. The fourth-order valence-electron chi connectivity index (χ4n) is 4.15. The van der Waals surface area contributed by atoms with E-state index < -0.39 is 26.0 Å². The zero-order chi connectivity index (χ0) is 21.1. The van der Waals surface area contributed by atoms with Crippen LogP contribution in [0.4, 0.5) is 0 Å². The second-order valence-corrected chi connectivity index (χ2v) is 13.0. The zero-order valence-corrected chi connectivity index (χ0v) is 18.3. The summed E-state index contributed by atoms with van der Waals surface area (Å²) in [6, 6.07) is 19.6. The number of carbonyl (C=O) groups excluding carboxylic acids is 1. The number of hydrogen-bond acceptors (Lipinski definition) is 5. The first-order valence-corrected chi connectivity index (χ1v) is 12.0. The van der Waals surface area contributed by atoms with Gasteiger partial charge in [0.15, 0.2) is 5.60 Å². The number of benzene rings is 2. The van der Waals surface area contributed by atoms with Crippen molar-refractivity contribution in [3.05, 3.63) is 60.7 Å². The molecule has 0 amide bonds. The maximum absolute atomic E-state index is 12.8. The van der Waals surface area contributed by atoms with E-state index in [1.165, 1.54) is 0 Å². The maximum Gasteiger partial charge on any atom is 0.374 e. The summed E-state index contributed by atoms with van der Waals surface area (Å²) in [5, 5.41) is 22.5. The molecule has 0 heterocycles. The summed E-state index contributed by atoms with van der Waals surface area (Å²) in [4.78, 5) is 18.2. The predicted octanol–water partition coefficient (Wildman–Crippen LogP) is 2.69. The summed E-state index contributed by atoms with van der Waals surface area (Å²) in [5.41, 5.74) is -1.93. The van der Waals surface area contributed by atoms with Crippen molar-refractivity contribution in [1.29, 1.82) is 0 Å². The molecule has 156 valence electrons. The molecule has 2 aromatic rings. The monoisotopic (exact) mass is 414 g/mol. The van der Waals surface area contributed by atoms with Crippen LogP contribution in [0.2, 0.25) is 5.04 Å². The number of aliphatic hydroxyl groups is 2. The van der Waals surface area contributed by atoms with Crippen LogP contribution in [0.1, 0.15) is 46.5 Å². The fourth-order valence-corrected chi connectivity index (χ4v) is 8.18. The third-order valence-electron chi connectivity index (χ3n) is 5.85. The van der Waals surface area contributed by atoms with Gasteiger partial charge in [0, 0.05) is 0 Å². The first-order chi connectivity index (χ1) is 13.7. The van der Waals surface area contributed by atoms with Gasteiger partial charge >= 0.3 is 14.3 Å². The van der Waals surface area contributed by atoms with Crippen molar-refractivity contribution < 1.29 is 24.5 Å². The molecule has 0 saturated heterocycles. The van der Waals surface area contributed by atoms with Gasteiger partial charge in [-0.25, -0.2) is 9.37 Å². The zero-order valence-electron chi connectivity index (χ0n) is 17.3. The summed E-state index contributed by atoms with van der Waals surface area (Å²) < 4.78 is 6.11. The Labute approximate surface area is 173 Å². The van der Waals surface area contributed by atoms with Crippen LogP contribution in [0.15, 0.2) is 60.7 Å². The van der Waals surface area contributed by atoms with E-state index in [0.717, 1.165) is 16.8 Å². The van der Waals surface area contributed by atoms with Crippen molar-refractivity contribution >= 4 is 24.7 Å². The van der Waals surface area contributed by atoms with Crippen LogP contribution in [0, 0.1) is 0 Å². The lowest BCUT2D eigenvalue weighted by atomic mass is 9.82. The molecular formula is C23H30O5Si. The summed E-state index contributed by atoms with van der Waals surface area (Å²) in [5.74, 6) is -0.919. The number of rotatable bonds is 5. The van der Waals surface area contributed by atoms with E-state index in [2.05, 4.69) is 20.8 Å². The topological polar surface area (TPSA) is 76.0 Å². The minimum atomic E-state index is -3.07. The Hall–Kier alpha value is -1.99. The van der Waals surface area contributed by atoms with Gasteiger partial charge in [-0.3, -0.25) is 0 Å². The van der Waals surface area contributed by atoms with Crippen LogP contribution in [0.5, 0.6) is 0 Å². The fraction of sp³-hybridized carbons (Fsp3) is 0.435. The van der Waals surface area contributed by atoms with Gasteiger partial charge in [0.2, 0.25) is 0 Å². The molecule has 2 aromatic carbocycles. The normalized spacial score (nSPS) is 22.9. The van der Waals surface area contributed by atoms with Gasteiger partial charge in [-0.15, -0.1) is 0 Å². The molecule has 2 unspecified atom stereocenters. The number of aliphatic hydroxyl groups excluding tert-OH is 1. The second-order valence-electron chi connectivity index (χ2n) is 8.80. The highest BCUT2D eigenvalue weighted by Crippen LogP contribution is 2.38. The minimum absolute atomic E-state index is 0.164. The Morgan fingerprint density at radius 1 is 1.00 bits per heavy atom. The van der Waals surface area contributed by atoms with E-state index in [-0.39, 0.29) is 11.5 Å². The molecule has 1 aliphatic carbocycles. The Morgan fingerprint density at radius 3 is 1.97 bits per heavy atom. The smallest absolute Gasteiger partial charge is 0.374 e. The predicted molar refractivity (Wildman–Crippen MR) is 114 cm³/mol. The average Bonchev–Trinajstić information content (AvgIpc) is 2.71. The minimum Gasteiger partial charge on any atom is -0.389 e. The van der Waals surface area contributed by atoms with E-state index in [1.807, 2.05) is 60.7 Å². The lowest BCUT2D eigenvalue weighted by Crippen LogP contribution is -2.67. The summed E-state index contributed by atoms with van der Waals surface area (Å²) >= 11 is 0. The SMILES string of the molecule is CC(C)(C)[Si](OOC(=O)C1(O)CCCCC1O)(c1ccccc1)c1ccccc1. The highest BCUT2D eigenvalue weighted by atomic mass is 28.4. The van der Waals surface area contributed by atoms with Crippen LogP contribution in [-0.2, 0) is 14.3 Å². The molecule has 5 nitrogen and oxygen atoms in total. The van der Waals surface area contributed by atoms with E-state index in [9.17, 15) is 15.0 Å². The molecule has 1 saturated carbocycles. The molecule has 0 bridgehead atoms. The number of carbonyl (C=O) groups is 1. The lowest BCUT2D eigenvalue weighted by molar-refractivity contribution is -0.249. The summed E-state index contributed by atoms with van der Waals surface area (Å²) in [7, 11) is -3.07. The van der Waals surface area contributed by atoms with Gasteiger partial charge in [-0.1, -0.05) is 87.9 Å². The molecule has 2 N–H and O–H groups in total. The number of hydrogen-bond donors (Lipinski definition) is 2. The molecule has 0 spiro atoms. The highest BCUT2D eigenvalue weighted by molar-refractivity contribution is 6.99. The van der Waals surface area contributed by atoms with Crippen molar-refractivity contribution in [2.75, 3.05) is 0 Å². The van der Waals surface area contributed by atoms with Crippen molar-refractivity contribution in [3.63, 3.8) is 0 Å². The van der Waals surface area contributed by atoms with Gasteiger partial charge < -0.3 is 15.1 Å². The maximum atomic E-state index is 12.8. The largest absolute Gasteiger partial charge is 0.389 e. The second kappa shape index (κ2) is 8.40. The molecule has 3 rings (SSSR count). The van der Waals surface area contributed by atoms with Crippen LogP contribution >= 0.6 is 0 Å². The Balaban J connectivity index is 2.01. The van der Waals surface area contributed by atoms with Gasteiger partial charge in [-0.2, -0.15) is 0 Å². The average molecular weight is 415 g/mol. The van der Waals surface area contributed by atoms with E-state index in [1.54, 1.807) is 0 Å². The molecule has 0 aromatic heterocycles. The van der Waals surface area contributed by atoms with Crippen LogP contribution in [0.3, 0.4) is 0 Å². The Bertz CT molecular complexity index is 779. The summed E-state index contributed by atoms with van der Waals surface area (Å²) in [6.07, 6.45) is 0.808. The van der Waals surface area contributed by atoms with Crippen LogP contribution < -0.4 is 10.4 Å². The molecule has 1 aliphatic rings. The van der Waals surface area contributed by atoms with Crippen LogP contribution in [0.25, 0.3) is 0 Å². The third-order valence-corrected chi connectivity index (χ3v) is 10.6. The first kappa shape index (κ1) is 21.7. The van der Waals surface area contributed by atoms with Crippen molar-refractivity contribution in [2.45, 2.75) is 63.2 Å². The Morgan fingerprint density at radius 2 is 1.52 bits per heavy atom. The van der Waals surface area contributed by atoms with Crippen molar-refractivity contribution in [2.24, 2.45) is 0 Å². The Kier molecular flexibility index (Phi) is 6.29. The first-order valence-electron chi connectivity index (χ1n) is 10.1. The quantitative estimate of drug-likeness (QED) is 0.447. The van der Waals surface area contributed by atoms with E-state index >= 15 is 0 Å². The van der Waals surface area contributed by atoms with Gasteiger partial charge in [-0.05, 0) is 34.7 Å². The van der Waals surface area contributed by atoms with Gasteiger partial charge in [0.05, 0.1) is 6.10 Å².